The average Bonchev–Trinajstić information content (AvgIpc) is 3.28. The van der Waals surface area contributed by atoms with E-state index in [-0.39, 0.29) is 17.9 Å². The quantitative estimate of drug-likeness (QED) is 0.474. The zero-order valence-electron chi connectivity index (χ0n) is 19.0. The Balaban J connectivity index is 1.75. The standard InChI is InChI=1S/C23H35N3O5/c1-6-7-17(19(27)21(29)24-14-9-10-14)25-20(28)18-15-11-8-13(2)16(15)12-26(18)22(30)31-23(3,4)5/h14-18H,2,6-12H2,1,3-5H3,(H,24,29)(H,25,28). The van der Waals surface area contributed by atoms with Gasteiger partial charge in [-0.2, -0.15) is 0 Å². The fraction of sp³-hybridized carbons (Fsp3) is 0.739. The van der Waals surface area contributed by atoms with Crippen molar-refractivity contribution < 1.29 is 23.9 Å². The number of ketones is 1. The van der Waals surface area contributed by atoms with E-state index in [0.29, 0.717) is 19.4 Å². The second-order valence-electron chi connectivity index (χ2n) is 10.0. The smallest absolute Gasteiger partial charge is 0.411 e. The van der Waals surface area contributed by atoms with Crippen molar-refractivity contribution in [2.75, 3.05) is 6.54 Å². The second kappa shape index (κ2) is 9.01. The van der Waals surface area contributed by atoms with E-state index in [1.54, 1.807) is 20.8 Å². The molecule has 2 N–H and O–H groups in total. The van der Waals surface area contributed by atoms with Crippen molar-refractivity contribution in [3.63, 3.8) is 0 Å². The van der Waals surface area contributed by atoms with Crippen LogP contribution in [0.1, 0.15) is 66.2 Å². The van der Waals surface area contributed by atoms with Gasteiger partial charge in [-0.1, -0.05) is 25.5 Å². The van der Waals surface area contributed by atoms with Crippen molar-refractivity contribution in [2.45, 2.75) is 89.9 Å². The minimum atomic E-state index is -0.902. The number of hydrogen-bond acceptors (Lipinski definition) is 5. The lowest BCUT2D eigenvalue weighted by Gasteiger charge is -2.30. The molecular formula is C23H35N3O5. The number of hydrogen-bond donors (Lipinski definition) is 2. The Hall–Kier alpha value is -2.38. The molecule has 4 unspecified atom stereocenters. The van der Waals surface area contributed by atoms with Crippen LogP contribution in [0.2, 0.25) is 0 Å². The molecular weight excluding hydrogens is 398 g/mol. The molecule has 0 radical (unpaired) electrons. The van der Waals surface area contributed by atoms with Gasteiger partial charge in [0.05, 0.1) is 6.04 Å². The maximum absolute atomic E-state index is 13.3. The highest BCUT2D eigenvalue weighted by atomic mass is 16.6. The first-order valence-electron chi connectivity index (χ1n) is 11.3. The summed E-state index contributed by atoms with van der Waals surface area (Å²) >= 11 is 0. The molecule has 1 heterocycles. The minimum Gasteiger partial charge on any atom is -0.444 e. The number of carbonyl (C=O) groups excluding carboxylic acids is 4. The Morgan fingerprint density at radius 2 is 1.87 bits per heavy atom. The normalized spacial score (nSPS) is 26.3. The first-order valence-corrected chi connectivity index (χ1v) is 11.3. The second-order valence-corrected chi connectivity index (χ2v) is 10.0. The van der Waals surface area contributed by atoms with Crippen LogP contribution >= 0.6 is 0 Å². The van der Waals surface area contributed by atoms with Crippen LogP contribution in [-0.2, 0) is 19.1 Å². The van der Waals surface area contributed by atoms with E-state index in [9.17, 15) is 19.2 Å². The SMILES string of the molecule is C=C1CCC2C1CN(C(=O)OC(C)(C)C)C2C(=O)NC(CCC)C(=O)C(=O)NC1CC1. The third kappa shape index (κ3) is 5.46. The van der Waals surface area contributed by atoms with Crippen molar-refractivity contribution in [3.8, 4) is 0 Å². The number of ether oxygens (including phenoxy) is 1. The number of Topliss-reactive ketones (excluding diaryl/α,β-unsaturated/α-hetero) is 1. The van der Waals surface area contributed by atoms with Crippen LogP contribution in [0.4, 0.5) is 4.79 Å². The zero-order valence-corrected chi connectivity index (χ0v) is 19.0. The molecule has 3 amide bonds. The molecule has 0 aromatic rings. The highest BCUT2D eigenvalue weighted by molar-refractivity contribution is 6.38. The highest BCUT2D eigenvalue weighted by Crippen LogP contribution is 2.45. The Labute approximate surface area is 184 Å². The van der Waals surface area contributed by atoms with Crippen molar-refractivity contribution >= 4 is 23.7 Å². The molecule has 2 saturated carbocycles. The maximum Gasteiger partial charge on any atom is 0.411 e. The lowest BCUT2D eigenvalue weighted by Crippen LogP contribution is -2.55. The van der Waals surface area contributed by atoms with E-state index >= 15 is 0 Å². The number of nitrogens with one attached hydrogen (secondary N) is 2. The zero-order chi connectivity index (χ0) is 22.9. The van der Waals surface area contributed by atoms with Crippen LogP contribution in [0.5, 0.6) is 0 Å². The molecule has 172 valence electrons. The Morgan fingerprint density at radius 1 is 1.19 bits per heavy atom. The molecule has 3 aliphatic rings. The molecule has 0 bridgehead atoms. The molecule has 8 nitrogen and oxygen atoms in total. The van der Waals surface area contributed by atoms with Gasteiger partial charge in [-0.3, -0.25) is 19.3 Å². The van der Waals surface area contributed by atoms with Crippen LogP contribution in [0.15, 0.2) is 12.2 Å². The third-order valence-electron chi connectivity index (χ3n) is 6.22. The van der Waals surface area contributed by atoms with E-state index in [0.717, 1.165) is 31.3 Å². The number of nitrogens with zero attached hydrogens (tertiary/aromatic N) is 1. The van der Waals surface area contributed by atoms with Gasteiger partial charge in [0.1, 0.15) is 11.6 Å². The largest absolute Gasteiger partial charge is 0.444 e. The topological polar surface area (TPSA) is 105 Å². The molecule has 4 atom stereocenters. The molecule has 3 rings (SSSR count). The van der Waals surface area contributed by atoms with E-state index in [4.69, 9.17) is 4.74 Å². The molecule has 1 saturated heterocycles. The average molecular weight is 434 g/mol. The maximum atomic E-state index is 13.3. The van der Waals surface area contributed by atoms with E-state index in [1.165, 1.54) is 4.90 Å². The van der Waals surface area contributed by atoms with Crippen molar-refractivity contribution in [2.24, 2.45) is 11.8 Å². The summed E-state index contributed by atoms with van der Waals surface area (Å²) in [5.74, 6) is -1.70. The van der Waals surface area contributed by atoms with E-state index in [2.05, 4.69) is 17.2 Å². The van der Waals surface area contributed by atoms with E-state index in [1.807, 2.05) is 6.92 Å². The predicted octanol–water partition coefficient (Wildman–Crippen LogP) is 2.32. The van der Waals surface area contributed by atoms with Gasteiger partial charge in [-0.25, -0.2) is 4.79 Å². The number of amides is 3. The van der Waals surface area contributed by atoms with Crippen LogP contribution in [0.25, 0.3) is 0 Å². The summed E-state index contributed by atoms with van der Waals surface area (Å²) in [4.78, 5) is 52.6. The van der Waals surface area contributed by atoms with Crippen LogP contribution in [-0.4, -0.2) is 58.9 Å². The Bertz CT molecular complexity index is 768. The Morgan fingerprint density at radius 3 is 2.45 bits per heavy atom. The summed E-state index contributed by atoms with van der Waals surface area (Å²) in [6.07, 6.45) is 3.80. The summed E-state index contributed by atoms with van der Waals surface area (Å²) < 4.78 is 5.54. The molecule has 2 aliphatic carbocycles. The van der Waals surface area contributed by atoms with Gasteiger partial charge in [0.25, 0.3) is 5.91 Å². The summed E-state index contributed by atoms with van der Waals surface area (Å²) in [6.45, 7) is 11.7. The molecule has 8 heteroatoms. The minimum absolute atomic E-state index is 0.0433. The van der Waals surface area contributed by atoms with Gasteiger partial charge in [0.15, 0.2) is 0 Å². The van der Waals surface area contributed by atoms with Crippen molar-refractivity contribution in [1.82, 2.24) is 15.5 Å². The monoisotopic (exact) mass is 433 g/mol. The lowest BCUT2D eigenvalue weighted by atomic mass is 9.92. The van der Waals surface area contributed by atoms with Gasteiger partial charge in [0.2, 0.25) is 11.7 Å². The van der Waals surface area contributed by atoms with Gasteiger partial charge in [0, 0.05) is 18.5 Å². The molecule has 3 fully saturated rings. The van der Waals surface area contributed by atoms with Gasteiger partial charge >= 0.3 is 6.09 Å². The summed E-state index contributed by atoms with van der Waals surface area (Å²) in [5, 5.41) is 5.48. The van der Waals surface area contributed by atoms with Gasteiger partial charge in [-0.15, -0.1) is 0 Å². The van der Waals surface area contributed by atoms with Crippen LogP contribution in [0, 0.1) is 11.8 Å². The summed E-state index contributed by atoms with van der Waals surface area (Å²) in [5.41, 5.74) is 0.355. The molecule has 0 aromatic heterocycles. The molecule has 1 aliphatic heterocycles. The van der Waals surface area contributed by atoms with E-state index < -0.39 is 41.4 Å². The van der Waals surface area contributed by atoms with Crippen molar-refractivity contribution in [1.29, 1.82) is 0 Å². The molecule has 0 aromatic carbocycles. The molecule has 0 spiro atoms. The lowest BCUT2D eigenvalue weighted by molar-refractivity contribution is -0.140. The molecule has 31 heavy (non-hydrogen) atoms. The first kappa shape index (κ1) is 23.3. The number of fused-ring (bicyclic) bond motifs is 1. The van der Waals surface area contributed by atoms with Crippen LogP contribution in [0.3, 0.4) is 0 Å². The fourth-order valence-corrected chi connectivity index (χ4v) is 4.54. The summed E-state index contributed by atoms with van der Waals surface area (Å²) in [6, 6.07) is -1.57. The fourth-order valence-electron chi connectivity index (χ4n) is 4.54. The predicted molar refractivity (Wildman–Crippen MR) is 115 cm³/mol. The van der Waals surface area contributed by atoms with Gasteiger partial charge < -0.3 is 15.4 Å². The van der Waals surface area contributed by atoms with Crippen molar-refractivity contribution in [3.05, 3.63) is 12.2 Å². The third-order valence-corrected chi connectivity index (χ3v) is 6.22. The number of rotatable bonds is 7. The highest BCUT2D eigenvalue weighted by Gasteiger charge is 2.52. The first-order chi connectivity index (χ1) is 14.5. The van der Waals surface area contributed by atoms with Gasteiger partial charge in [-0.05, 0) is 58.8 Å². The summed E-state index contributed by atoms with van der Waals surface area (Å²) in [7, 11) is 0. The number of carbonyl (C=O) groups is 4. The Kier molecular flexibility index (Phi) is 6.76. The van der Waals surface area contributed by atoms with Crippen LogP contribution < -0.4 is 10.6 Å². The number of likely N-dealkylation sites (tertiary alicyclic amines) is 1.